The van der Waals surface area contributed by atoms with Crippen molar-refractivity contribution in [2.75, 3.05) is 7.11 Å². The SMILES string of the molecule is COc1cc(C)cc2c(C)c(CC(=O)O)c(=O)n(C)c12. The summed E-state index contributed by atoms with van der Waals surface area (Å²) in [7, 11) is 3.19. The molecule has 2 rings (SSSR count). The molecule has 1 aromatic heterocycles. The number of carboxylic acid groups (broad SMARTS) is 1. The normalized spacial score (nSPS) is 10.8. The average Bonchev–Trinajstić information content (AvgIpc) is 2.39. The molecule has 0 saturated carbocycles. The highest BCUT2D eigenvalue weighted by Gasteiger charge is 2.17. The molecule has 0 bridgehead atoms. The number of carbonyl (C=O) groups is 1. The van der Waals surface area contributed by atoms with Crippen LogP contribution in [0.4, 0.5) is 0 Å². The summed E-state index contributed by atoms with van der Waals surface area (Å²) in [6.07, 6.45) is -0.273. The summed E-state index contributed by atoms with van der Waals surface area (Å²) in [6.45, 7) is 3.71. The van der Waals surface area contributed by atoms with E-state index in [0.29, 0.717) is 22.4 Å². The van der Waals surface area contributed by atoms with Crippen LogP contribution < -0.4 is 10.3 Å². The van der Waals surface area contributed by atoms with Crippen molar-refractivity contribution in [2.45, 2.75) is 20.3 Å². The molecule has 0 aliphatic carbocycles. The van der Waals surface area contributed by atoms with Gasteiger partial charge in [-0.25, -0.2) is 0 Å². The van der Waals surface area contributed by atoms with Crippen molar-refractivity contribution in [1.29, 1.82) is 0 Å². The monoisotopic (exact) mass is 275 g/mol. The number of pyridine rings is 1. The fourth-order valence-corrected chi connectivity index (χ4v) is 2.52. The lowest BCUT2D eigenvalue weighted by molar-refractivity contribution is -0.136. The molecule has 0 amide bonds. The number of methoxy groups -OCH3 is 1. The van der Waals surface area contributed by atoms with Crippen LogP contribution in [0.5, 0.6) is 5.75 Å². The Morgan fingerprint density at radius 2 is 2.00 bits per heavy atom. The van der Waals surface area contributed by atoms with E-state index in [9.17, 15) is 9.59 Å². The van der Waals surface area contributed by atoms with Gasteiger partial charge in [0.1, 0.15) is 5.75 Å². The second kappa shape index (κ2) is 5.00. The number of aromatic nitrogens is 1. The molecular weight excluding hydrogens is 258 g/mol. The molecule has 0 spiro atoms. The van der Waals surface area contributed by atoms with E-state index >= 15 is 0 Å². The van der Waals surface area contributed by atoms with Gasteiger partial charge in [-0.15, -0.1) is 0 Å². The molecule has 0 radical (unpaired) electrons. The lowest BCUT2D eigenvalue weighted by atomic mass is 10.00. The summed E-state index contributed by atoms with van der Waals surface area (Å²) < 4.78 is 6.80. The maximum absolute atomic E-state index is 12.3. The van der Waals surface area contributed by atoms with Gasteiger partial charge in [0.05, 0.1) is 19.0 Å². The van der Waals surface area contributed by atoms with Gasteiger partial charge in [0.15, 0.2) is 0 Å². The lowest BCUT2D eigenvalue weighted by Gasteiger charge is -2.15. The van der Waals surface area contributed by atoms with Gasteiger partial charge >= 0.3 is 5.97 Å². The molecule has 0 atom stereocenters. The minimum absolute atomic E-state index is 0.273. The van der Waals surface area contributed by atoms with Crippen LogP contribution in [0.25, 0.3) is 10.9 Å². The van der Waals surface area contributed by atoms with Crippen LogP contribution >= 0.6 is 0 Å². The molecular formula is C15H17NO4. The molecule has 20 heavy (non-hydrogen) atoms. The zero-order chi connectivity index (χ0) is 15.0. The van der Waals surface area contributed by atoms with E-state index in [1.54, 1.807) is 21.1 Å². The number of rotatable bonds is 3. The van der Waals surface area contributed by atoms with Gasteiger partial charge < -0.3 is 14.4 Å². The molecule has 0 unspecified atom stereocenters. The van der Waals surface area contributed by atoms with Gasteiger partial charge in [0, 0.05) is 18.0 Å². The standard InChI is InChI=1S/C15H17NO4/c1-8-5-10-9(2)11(7-13(17)18)15(19)16(3)14(10)12(6-8)20-4/h5-6H,7H2,1-4H3,(H,17,18). The van der Waals surface area contributed by atoms with Crippen LogP contribution in [0, 0.1) is 13.8 Å². The Kier molecular flexibility index (Phi) is 3.53. The number of hydrogen-bond donors (Lipinski definition) is 1. The number of fused-ring (bicyclic) bond motifs is 1. The first-order valence-electron chi connectivity index (χ1n) is 6.25. The molecule has 0 fully saturated rings. The minimum Gasteiger partial charge on any atom is -0.495 e. The minimum atomic E-state index is -1.01. The fraction of sp³-hybridized carbons (Fsp3) is 0.333. The van der Waals surface area contributed by atoms with E-state index in [0.717, 1.165) is 10.9 Å². The first-order valence-corrected chi connectivity index (χ1v) is 6.25. The second-order valence-corrected chi connectivity index (χ2v) is 4.90. The number of carboxylic acids is 1. The smallest absolute Gasteiger partial charge is 0.308 e. The van der Waals surface area contributed by atoms with Crippen LogP contribution in [0.3, 0.4) is 0 Å². The van der Waals surface area contributed by atoms with Crippen molar-refractivity contribution >= 4 is 16.9 Å². The van der Waals surface area contributed by atoms with Crippen molar-refractivity contribution in [2.24, 2.45) is 7.05 Å². The largest absolute Gasteiger partial charge is 0.495 e. The maximum Gasteiger partial charge on any atom is 0.308 e. The van der Waals surface area contributed by atoms with Crippen molar-refractivity contribution in [1.82, 2.24) is 4.57 Å². The predicted molar refractivity (Wildman–Crippen MR) is 76.6 cm³/mol. The molecule has 0 aliphatic rings. The summed E-state index contributed by atoms with van der Waals surface area (Å²) in [5, 5.41) is 9.81. The molecule has 0 saturated heterocycles. The second-order valence-electron chi connectivity index (χ2n) is 4.90. The maximum atomic E-state index is 12.3. The van der Waals surface area contributed by atoms with E-state index < -0.39 is 5.97 Å². The topological polar surface area (TPSA) is 68.5 Å². The van der Waals surface area contributed by atoms with Crippen molar-refractivity contribution < 1.29 is 14.6 Å². The highest BCUT2D eigenvalue weighted by molar-refractivity contribution is 5.90. The van der Waals surface area contributed by atoms with Crippen molar-refractivity contribution in [3.63, 3.8) is 0 Å². The number of nitrogens with zero attached hydrogens (tertiary/aromatic N) is 1. The summed E-state index contributed by atoms with van der Waals surface area (Å²) in [5.41, 5.74) is 2.42. The Balaban J connectivity index is 2.96. The number of aliphatic carboxylic acids is 1. The molecule has 1 heterocycles. The van der Waals surface area contributed by atoms with Gasteiger partial charge in [0.2, 0.25) is 0 Å². The summed E-state index contributed by atoms with van der Waals surface area (Å²) >= 11 is 0. The Labute approximate surface area is 116 Å². The molecule has 1 N–H and O–H groups in total. The molecule has 5 nitrogen and oxygen atoms in total. The van der Waals surface area contributed by atoms with Crippen molar-refractivity contribution in [3.8, 4) is 5.75 Å². The van der Waals surface area contributed by atoms with Gasteiger partial charge in [-0.3, -0.25) is 9.59 Å². The number of ether oxygens (including phenoxy) is 1. The lowest BCUT2D eigenvalue weighted by Crippen LogP contribution is -2.25. The van der Waals surface area contributed by atoms with Crippen LogP contribution in [0.15, 0.2) is 16.9 Å². The van der Waals surface area contributed by atoms with Gasteiger partial charge in [-0.2, -0.15) is 0 Å². The number of hydrogen-bond acceptors (Lipinski definition) is 3. The molecule has 0 aliphatic heterocycles. The third-order valence-corrected chi connectivity index (χ3v) is 3.52. The van der Waals surface area contributed by atoms with Gasteiger partial charge in [-0.1, -0.05) is 0 Å². The quantitative estimate of drug-likeness (QED) is 0.927. The van der Waals surface area contributed by atoms with E-state index in [1.807, 2.05) is 19.1 Å². The van der Waals surface area contributed by atoms with Crippen LogP contribution in [0.1, 0.15) is 16.7 Å². The first kappa shape index (κ1) is 14.1. The van der Waals surface area contributed by atoms with Crippen molar-refractivity contribution in [3.05, 3.63) is 39.2 Å². The third-order valence-electron chi connectivity index (χ3n) is 3.52. The van der Waals surface area contributed by atoms with Crippen LogP contribution in [-0.4, -0.2) is 22.8 Å². The molecule has 1 aromatic carbocycles. The fourth-order valence-electron chi connectivity index (χ4n) is 2.52. The zero-order valence-corrected chi connectivity index (χ0v) is 12.0. The first-order chi connectivity index (χ1) is 9.36. The Morgan fingerprint density at radius 1 is 1.35 bits per heavy atom. The van der Waals surface area contributed by atoms with E-state index in [2.05, 4.69) is 0 Å². The third kappa shape index (κ3) is 2.15. The van der Waals surface area contributed by atoms with E-state index in [-0.39, 0.29) is 12.0 Å². The van der Waals surface area contributed by atoms with E-state index in [1.165, 1.54) is 4.57 Å². The van der Waals surface area contributed by atoms with Crippen LogP contribution in [0.2, 0.25) is 0 Å². The van der Waals surface area contributed by atoms with Crippen LogP contribution in [-0.2, 0) is 18.3 Å². The van der Waals surface area contributed by atoms with Gasteiger partial charge in [-0.05, 0) is 37.1 Å². The Bertz CT molecular complexity index is 759. The summed E-state index contributed by atoms with van der Waals surface area (Å²) in [6, 6.07) is 3.80. The highest BCUT2D eigenvalue weighted by Crippen LogP contribution is 2.29. The number of aryl methyl sites for hydroxylation is 3. The average molecular weight is 275 g/mol. The van der Waals surface area contributed by atoms with E-state index in [4.69, 9.17) is 9.84 Å². The number of benzene rings is 1. The Hall–Kier alpha value is -2.30. The Morgan fingerprint density at radius 3 is 2.55 bits per heavy atom. The predicted octanol–water partition coefficient (Wildman–Crippen LogP) is 1.79. The molecule has 106 valence electrons. The highest BCUT2D eigenvalue weighted by atomic mass is 16.5. The van der Waals surface area contributed by atoms with Gasteiger partial charge in [0.25, 0.3) is 5.56 Å². The summed E-state index contributed by atoms with van der Waals surface area (Å²) in [4.78, 5) is 23.3. The molecule has 2 aromatic rings. The molecule has 5 heteroatoms. The summed E-state index contributed by atoms with van der Waals surface area (Å²) in [5.74, 6) is -0.395. The zero-order valence-electron chi connectivity index (χ0n) is 12.0.